The van der Waals surface area contributed by atoms with Gasteiger partial charge in [-0.15, -0.1) is 0 Å². The molecule has 1 aliphatic rings. The molecule has 1 heterocycles. The summed E-state index contributed by atoms with van der Waals surface area (Å²) in [5.41, 5.74) is 1.78. The second-order valence-electron chi connectivity index (χ2n) is 7.57. The first-order chi connectivity index (χ1) is 12.8. The molecule has 0 spiro atoms. The van der Waals surface area contributed by atoms with Gasteiger partial charge in [-0.05, 0) is 38.5 Å². The number of likely N-dealkylation sites (tertiary alicyclic amines) is 1. The number of carbonyl (C=O) groups is 1. The summed E-state index contributed by atoms with van der Waals surface area (Å²) in [6.07, 6.45) is 5.16. The predicted molar refractivity (Wildman–Crippen MR) is 110 cm³/mol. The lowest BCUT2D eigenvalue weighted by molar-refractivity contribution is 0.0989. The Morgan fingerprint density at radius 3 is 2.44 bits per heavy atom. The maximum Gasteiger partial charge on any atom is 0.176 e. The number of rotatable bonds is 11. The Hall–Kier alpha value is -1.28. The number of hydrogen-bond donors (Lipinski definition) is 1. The molecule has 6 nitrogen and oxygen atoms in total. The van der Waals surface area contributed by atoms with Crippen molar-refractivity contribution in [3.05, 3.63) is 35.4 Å². The summed E-state index contributed by atoms with van der Waals surface area (Å²) in [5, 5.41) is 3.25. The van der Waals surface area contributed by atoms with E-state index in [9.17, 15) is 13.2 Å². The number of carbonyl (C=O) groups excluding carboxylic acids is 1. The quantitative estimate of drug-likeness (QED) is 0.451. The second-order valence-corrected chi connectivity index (χ2v) is 9.83. The summed E-state index contributed by atoms with van der Waals surface area (Å²) in [6, 6.07) is 7.60. The zero-order valence-corrected chi connectivity index (χ0v) is 17.4. The lowest BCUT2D eigenvalue weighted by Crippen LogP contribution is -2.37. The Bertz CT molecular complexity index is 683. The van der Waals surface area contributed by atoms with Crippen LogP contribution in [0.4, 0.5) is 0 Å². The smallest absolute Gasteiger partial charge is 0.176 e. The van der Waals surface area contributed by atoms with Gasteiger partial charge in [0.05, 0.1) is 12.3 Å². The minimum atomic E-state index is -2.94. The lowest BCUT2D eigenvalue weighted by Gasteiger charge is -2.26. The van der Waals surface area contributed by atoms with Crippen molar-refractivity contribution in [3.63, 3.8) is 0 Å². The fourth-order valence-electron chi connectivity index (χ4n) is 3.23. The molecule has 1 N–H and O–H groups in total. The van der Waals surface area contributed by atoms with Gasteiger partial charge in [0.25, 0.3) is 0 Å². The van der Waals surface area contributed by atoms with E-state index in [1.165, 1.54) is 38.6 Å². The number of hydrogen-bond acceptors (Lipinski definition) is 6. The van der Waals surface area contributed by atoms with Gasteiger partial charge in [0.1, 0.15) is 9.84 Å². The van der Waals surface area contributed by atoms with E-state index in [-0.39, 0.29) is 11.5 Å². The monoisotopic (exact) mass is 395 g/mol. The van der Waals surface area contributed by atoms with Crippen molar-refractivity contribution >= 4 is 15.6 Å². The van der Waals surface area contributed by atoms with Gasteiger partial charge in [-0.1, -0.05) is 30.7 Å². The molecular formula is C20H33N3O3S. The minimum absolute atomic E-state index is 0.102. The number of benzene rings is 1. The molecule has 1 aromatic rings. The van der Waals surface area contributed by atoms with Crippen LogP contribution in [-0.4, -0.2) is 82.3 Å². The Labute approximate surface area is 163 Å². The summed E-state index contributed by atoms with van der Waals surface area (Å²) in [7, 11) is -1.04. The van der Waals surface area contributed by atoms with Crippen LogP contribution in [0, 0.1) is 0 Å². The molecule has 0 unspecified atom stereocenters. The van der Waals surface area contributed by atoms with E-state index >= 15 is 0 Å². The maximum absolute atomic E-state index is 12.3. The largest absolute Gasteiger partial charge is 0.308 e. The molecule has 0 aromatic heterocycles. The van der Waals surface area contributed by atoms with Crippen molar-refractivity contribution < 1.29 is 13.2 Å². The molecule has 1 fully saturated rings. The Balaban J connectivity index is 1.69. The normalized spacial score (nSPS) is 16.0. The van der Waals surface area contributed by atoms with Crippen molar-refractivity contribution in [2.75, 3.05) is 58.3 Å². The van der Waals surface area contributed by atoms with Gasteiger partial charge < -0.3 is 15.1 Å². The molecule has 27 heavy (non-hydrogen) atoms. The topological polar surface area (TPSA) is 69.7 Å². The van der Waals surface area contributed by atoms with E-state index in [1.54, 1.807) is 0 Å². The van der Waals surface area contributed by atoms with E-state index < -0.39 is 9.84 Å². The first kappa shape index (κ1) is 22.0. The molecule has 1 saturated heterocycles. The molecule has 0 radical (unpaired) electrons. The minimum Gasteiger partial charge on any atom is -0.308 e. The Morgan fingerprint density at radius 1 is 1.15 bits per heavy atom. The molecule has 2 rings (SSSR count). The average Bonchev–Trinajstić information content (AvgIpc) is 2.64. The van der Waals surface area contributed by atoms with Gasteiger partial charge in [-0.25, -0.2) is 8.42 Å². The first-order valence-corrected chi connectivity index (χ1v) is 11.8. The number of ketones is 1. The van der Waals surface area contributed by atoms with Crippen molar-refractivity contribution in [1.82, 2.24) is 15.1 Å². The third-order valence-electron chi connectivity index (χ3n) is 4.91. The first-order valence-electron chi connectivity index (χ1n) is 9.75. The van der Waals surface area contributed by atoms with Crippen LogP contribution < -0.4 is 5.32 Å². The SMILES string of the molecule is CN(CCS(C)(=O)=O)Cc1ccc(C(=O)CNCCN2CCCCC2)cc1. The summed E-state index contributed by atoms with van der Waals surface area (Å²) in [4.78, 5) is 16.7. The van der Waals surface area contributed by atoms with Crippen molar-refractivity contribution in [2.24, 2.45) is 0 Å². The average molecular weight is 396 g/mol. The summed E-state index contributed by atoms with van der Waals surface area (Å²) in [5.74, 6) is 0.258. The molecule has 1 aliphatic heterocycles. The van der Waals surface area contributed by atoms with Gasteiger partial charge in [-0.2, -0.15) is 0 Å². The molecule has 0 atom stereocenters. The third kappa shape index (κ3) is 8.97. The highest BCUT2D eigenvalue weighted by Crippen LogP contribution is 2.09. The van der Waals surface area contributed by atoms with Crippen molar-refractivity contribution in [2.45, 2.75) is 25.8 Å². The van der Waals surface area contributed by atoms with Crippen LogP contribution in [0.15, 0.2) is 24.3 Å². The standard InChI is InChI=1S/C20H33N3O3S/c1-22(14-15-27(2,25)26)17-18-6-8-19(9-7-18)20(24)16-21-10-13-23-11-4-3-5-12-23/h6-9,21H,3-5,10-17H2,1-2H3. The van der Waals surface area contributed by atoms with Gasteiger partial charge in [-0.3, -0.25) is 4.79 Å². The van der Waals surface area contributed by atoms with Crippen LogP contribution >= 0.6 is 0 Å². The molecule has 152 valence electrons. The number of nitrogens with zero attached hydrogens (tertiary/aromatic N) is 2. The van der Waals surface area contributed by atoms with E-state index in [0.29, 0.717) is 25.2 Å². The fraction of sp³-hybridized carbons (Fsp3) is 0.650. The van der Waals surface area contributed by atoms with E-state index in [0.717, 1.165) is 18.7 Å². The van der Waals surface area contributed by atoms with Gasteiger partial charge in [0.15, 0.2) is 5.78 Å². The highest BCUT2D eigenvalue weighted by atomic mass is 32.2. The van der Waals surface area contributed by atoms with Crippen LogP contribution in [0.1, 0.15) is 35.2 Å². The predicted octanol–water partition coefficient (Wildman–Crippen LogP) is 1.42. The zero-order valence-electron chi connectivity index (χ0n) is 16.6. The highest BCUT2D eigenvalue weighted by molar-refractivity contribution is 7.90. The summed E-state index contributed by atoms with van der Waals surface area (Å²) in [6.45, 7) is 5.73. The van der Waals surface area contributed by atoms with Crippen LogP contribution in [0.25, 0.3) is 0 Å². The Morgan fingerprint density at radius 2 is 1.81 bits per heavy atom. The zero-order chi connectivity index (χ0) is 19.7. The molecule has 0 bridgehead atoms. The van der Waals surface area contributed by atoms with Crippen LogP contribution in [0.3, 0.4) is 0 Å². The van der Waals surface area contributed by atoms with E-state index in [2.05, 4.69) is 10.2 Å². The molecule has 0 amide bonds. The molecule has 0 saturated carbocycles. The molecule has 7 heteroatoms. The maximum atomic E-state index is 12.3. The van der Waals surface area contributed by atoms with Gasteiger partial charge in [0.2, 0.25) is 0 Å². The van der Waals surface area contributed by atoms with Crippen molar-refractivity contribution in [3.8, 4) is 0 Å². The van der Waals surface area contributed by atoms with Crippen LogP contribution in [-0.2, 0) is 16.4 Å². The second kappa shape index (κ2) is 10.9. The van der Waals surface area contributed by atoms with E-state index in [1.807, 2.05) is 36.2 Å². The van der Waals surface area contributed by atoms with Crippen LogP contribution in [0.2, 0.25) is 0 Å². The van der Waals surface area contributed by atoms with Gasteiger partial charge >= 0.3 is 0 Å². The van der Waals surface area contributed by atoms with E-state index in [4.69, 9.17) is 0 Å². The number of Topliss-reactive ketones (excluding diaryl/α,β-unsaturated/α-hetero) is 1. The third-order valence-corrected chi connectivity index (χ3v) is 5.84. The fourth-order valence-corrected chi connectivity index (χ4v) is 3.88. The van der Waals surface area contributed by atoms with Gasteiger partial charge in [0, 0.05) is 38.0 Å². The van der Waals surface area contributed by atoms with Crippen LogP contribution in [0.5, 0.6) is 0 Å². The summed E-state index contributed by atoms with van der Waals surface area (Å²) >= 11 is 0. The molecule has 0 aliphatic carbocycles. The summed E-state index contributed by atoms with van der Waals surface area (Å²) < 4.78 is 22.5. The highest BCUT2D eigenvalue weighted by Gasteiger charge is 2.11. The lowest BCUT2D eigenvalue weighted by atomic mass is 10.1. The number of nitrogens with one attached hydrogen (secondary N) is 1. The number of sulfone groups is 1. The molecular weight excluding hydrogens is 362 g/mol. The Kier molecular flexibility index (Phi) is 8.89. The number of piperidine rings is 1. The molecule has 1 aromatic carbocycles. The van der Waals surface area contributed by atoms with Crippen molar-refractivity contribution in [1.29, 1.82) is 0 Å².